The Bertz CT molecular complexity index is 400. The lowest BCUT2D eigenvalue weighted by Crippen LogP contribution is -2.36. The maximum Gasteiger partial charge on any atom is 0.104 e. The third-order valence-electron chi connectivity index (χ3n) is 2.53. The van der Waals surface area contributed by atoms with Gasteiger partial charge in [0.15, 0.2) is 0 Å². The third-order valence-corrected chi connectivity index (χ3v) is 2.53. The first-order valence-corrected chi connectivity index (χ1v) is 5.42. The Kier molecular flexibility index (Phi) is 3.81. The smallest absolute Gasteiger partial charge is 0.104 e. The van der Waals surface area contributed by atoms with E-state index in [0.717, 1.165) is 31.9 Å². The zero-order valence-electron chi connectivity index (χ0n) is 9.15. The number of nitrogens with zero attached hydrogens (tertiary/aromatic N) is 1. The highest BCUT2D eigenvalue weighted by atomic mass is 16.5. The summed E-state index contributed by atoms with van der Waals surface area (Å²) in [7, 11) is 0. The SMILES string of the molecule is OCC#Cc1cccc(N2CCOCC2)c1. The third kappa shape index (κ3) is 2.75. The molecule has 84 valence electrons. The Morgan fingerprint density at radius 3 is 2.88 bits per heavy atom. The summed E-state index contributed by atoms with van der Waals surface area (Å²) in [5.41, 5.74) is 2.12. The molecule has 0 amide bonds. The summed E-state index contributed by atoms with van der Waals surface area (Å²) in [5.74, 6) is 5.57. The predicted octanol–water partition coefficient (Wildman–Crippen LogP) is 0.867. The molecule has 1 aliphatic heterocycles. The maximum atomic E-state index is 8.65. The highest BCUT2D eigenvalue weighted by Crippen LogP contribution is 2.16. The van der Waals surface area contributed by atoms with Crippen molar-refractivity contribution >= 4 is 5.69 Å². The molecule has 1 saturated heterocycles. The number of aliphatic hydroxyl groups excluding tert-OH is 1. The van der Waals surface area contributed by atoms with Gasteiger partial charge in [-0.15, -0.1) is 0 Å². The summed E-state index contributed by atoms with van der Waals surface area (Å²) in [6.45, 7) is 3.33. The van der Waals surface area contributed by atoms with Crippen molar-refractivity contribution in [1.29, 1.82) is 0 Å². The van der Waals surface area contributed by atoms with Crippen molar-refractivity contribution < 1.29 is 9.84 Å². The number of anilines is 1. The number of hydrogen-bond acceptors (Lipinski definition) is 3. The second-order valence-electron chi connectivity index (χ2n) is 3.61. The molecule has 3 nitrogen and oxygen atoms in total. The molecule has 1 aromatic carbocycles. The van der Waals surface area contributed by atoms with Crippen molar-refractivity contribution in [3.63, 3.8) is 0 Å². The van der Waals surface area contributed by atoms with Crippen molar-refractivity contribution in [3.8, 4) is 11.8 Å². The quantitative estimate of drug-likeness (QED) is 0.708. The minimum Gasteiger partial charge on any atom is -0.384 e. The monoisotopic (exact) mass is 217 g/mol. The lowest BCUT2D eigenvalue weighted by atomic mass is 10.2. The van der Waals surface area contributed by atoms with Gasteiger partial charge >= 0.3 is 0 Å². The molecule has 0 unspecified atom stereocenters. The standard InChI is InChI=1S/C13H15NO2/c15-8-2-4-12-3-1-5-13(11-12)14-6-9-16-10-7-14/h1,3,5,11,15H,6-10H2. The van der Waals surface area contributed by atoms with E-state index in [-0.39, 0.29) is 6.61 Å². The molecule has 0 radical (unpaired) electrons. The first kappa shape index (κ1) is 11.0. The van der Waals surface area contributed by atoms with Gasteiger partial charge in [0.05, 0.1) is 13.2 Å². The molecule has 0 aromatic heterocycles. The summed E-state index contributed by atoms with van der Waals surface area (Å²) >= 11 is 0. The van der Waals surface area contributed by atoms with Gasteiger partial charge in [-0.05, 0) is 18.2 Å². The van der Waals surface area contributed by atoms with E-state index in [4.69, 9.17) is 9.84 Å². The fourth-order valence-electron chi connectivity index (χ4n) is 1.74. The van der Waals surface area contributed by atoms with Crippen molar-refractivity contribution in [2.45, 2.75) is 0 Å². The van der Waals surface area contributed by atoms with Crippen LogP contribution in [0.1, 0.15) is 5.56 Å². The number of benzene rings is 1. The van der Waals surface area contributed by atoms with Crippen molar-refractivity contribution in [2.75, 3.05) is 37.8 Å². The van der Waals surface area contributed by atoms with Gasteiger partial charge in [-0.1, -0.05) is 17.9 Å². The van der Waals surface area contributed by atoms with Crippen LogP contribution in [0, 0.1) is 11.8 Å². The fourth-order valence-corrected chi connectivity index (χ4v) is 1.74. The topological polar surface area (TPSA) is 32.7 Å². The molecular weight excluding hydrogens is 202 g/mol. The molecule has 16 heavy (non-hydrogen) atoms. The molecule has 3 heteroatoms. The van der Waals surface area contributed by atoms with Crippen molar-refractivity contribution in [2.24, 2.45) is 0 Å². The summed E-state index contributed by atoms with van der Waals surface area (Å²) < 4.78 is 5.31. The van der Waals surface area contributed by atoms with Gasteiger partial charge < -0.3 is 14.7 Å². The highest BCUT2D eigenvalue weighted by molar-refractivity contribution is 5.52. The lowest BCUT2D eigenvalue weighted by molar-refractivity contribution is 0.122. The Morgan fingerprint density at radius 2 is 2.12 bits per heavy atom. The van der Waals surface area contributed by atoms with Gasteiger partial charge in [-0.25, -0.2) is 0 Å². The van der Waals surface area contributed by atoms with E-state index in [1.807, 2.05) is 18.2 Å². The summed E-state index contributed by atoms with van der Waals surface area (Å²) in [5, 5.41) is 8.65. The van der Waals surface area contributed by atoms with Crippen LogP contribution in [0.15, 0.2) is 24.3 Å². The van der Waals surface area contributed by atoms with E-state index in [0.29, 0.717) is 0 Å². The largest absolute Gasteiger partial charge is 0.384 e. The van der Waals surface area contributed by atoms with Crippen molar-refractivity contribution in [1.82, 2.24) is 0 Å². The second-order valence-corrected chi connectivity index (χ2v) is 3.61. The number of ether oxygens (including phenoxy) is 1. The van der Waals surface area contributed by atoms with Crippen LogP contribution in [-0.2, 0) is 4.74 Å². The van der Waals surface area contributed by atoms with E-state index in [2.05, 4.69) is 22.8 Å². The minimum atomic E-state index is -0.0955. The molecule has 0 atom stereocenters. The predicted molar refractivity (Wildman–Crippen MR) is 63.4 cm³/mol. The molecular formula is C13H15NO2. The normalized spacial score (nSPS) is 15.4. The highest BCUT2D eigenvalue weighted by Gasteiger charge is 2.10. The maximum absolute atomic E-state index is 8.65. The molecule has 1 fully saturated rings. The number of morpholine rings is 1. The Labute approximate surface area is 95.6 Å². The molecule has 0 aliphatic carbocycles. The Hall–Kier alpha value is -1.50. The van der Waals surface area contributed by atoms with E-state index in [9.17, 15) is 0 Å². The number of rotatable bonds is 1. The molecule has 1 aliphatic rings. The van der Waals surface area contributed by atoms with Gasteiger partial charge in [0, 0.05) is 24.3 Å². The zero-order chi connectivity index (χ0) is 11.2. The van der Waals surface area contributed by atoms with Crippen LogP contribution in [0.5, 0.6) is 0 Å². The average molecular weight is 217 g/mol. The van der Waals surface area contributed by atoms with Crippen LogP contribution in [0.3, 0.4) is 0 Å². The van der Waals surface area contributed by atoms with Crippen LogP contribution in [0.4, 0.5) is 5.69 Å². The lowest BCUT2D eigenvalue weighted by Gasteiger charge is -2.28. The van der Waals surface area contributed by atoms with Crippen LogP contribution in [-0.4, -0.2) is 38.0 Å². The number of hydrogen-bond donors (Lipinski definition) is 1. The van der Waals surface area contributed by atoms with Crippen molar-refractivity contribution in [3.05, 3.63) is 29.8 Å². The van der Waals surface area contributed by atoms with Gasteiger partial charge in [0.2, 0.25) is 0 Å². The fraction of sp³-hybridized carbons (Fsp3) is 0.385. The van der Waals surface area contributed by atoms with E-state index in [1.54, 1.807) is 0 Å². The zero-order valence-corrected chi connectivity index (χ0v) is 9.15. The molecule has 0 saturated carbocycles. The summed E-state index contributed by atoms with van der Waals surface area (Å²) in [6.07, 6.45) is 0. The van der Waals surface area contributed by atoms with E-state index >= 15 is 0 Å². The van der Waals surface area contributed by atoms with Crippen LogP contribution < -0.4 is 4.90 Å². The Balaban J connectivity index is 2.14. The molecule has 1 aromatic rings. The molecule has 1 heterocycles. The number of aliphatic hydroxyl groups is 1. The van der Waals surface area contributed by atoms with Gasteiger partial charge in [-0.2, -0.15) is 0 Å². The minimum absolute atomic E-state index is 0.0955. The Morgan fingerprint density at radius 1 is 1.31 bits per heavy atom. The van der Waals surface area contributed by atoms with Crippen LogP contribution in [0.2, 0.25) is 0 Å². The summed E-state index contributed by atoms with van der Waals surface area (Å²) in [6, 6.07) is 8.07. The molecule has 0 bridgehead atoms. The first-order valence-electron chi connectivity index (χ1n) is 5.42. The molecule has 0 spiro atoms. The van der Waals surface area contributed by atoms with E-state index in [1.165, 1.54) is 5.69 Å². The van der Waals surface area contributed by atoms with Crippen LogP contribution in [0.25, 0.3) is 0 Å². The summed E-state index contributed by atoms with van der Waals surface area (Å²) in [4.78, 5) is 2.29. The van der Waals surface area contributed by atoms with Crippen LogP contribution >= 0.6 is 0 Å². The van der Waals surface area contributed by atoms with Gasteiger partial charge in [-0.3, -0.25) is 0 Å². The van der Waals surface area contributed by atoms with Gasteiger partial charge in [0.25, 0.3) is 0 Å². The first-order chi connectivity index (χ1) is 7.90. The molecule has 2 rings (SSSR count). The average Bonchev–Trinajstić information content (AvgIpc) is 2.38. The van der Waals surface area contributed by atoms with E-state index < -0.39 is 0 Å². The molecule has 1 N–H and O–H groups in total. The van der Waals surface area contributed by atoms with Gasteiger partial charge in [0.1, 0.15) is 6.61 Å². The second kappa shape index (κ2) is 5.55.